The number of para-hydroxylation sites is 2. The lowest BCUT2D eigenvalue weighted by Gasteiger charge is -2.45. The highest BCUT2D eigenvalue weighted by atomic mass is 19.1. The number of carbonyl (C=O) groups excluding carboxylic acids is 1. The quantitative estimate of drug-likeness (QED) is 0.539. The zero-order chi connectivity index (χ0) is 22.6. The molecule has 0 bridgehead atoms. The Balaban J connectivity index is 1.45. The summed E-state index contributed by atoms with van der Waals surface area (Å²) in [4.78, 5) is 15.3. The van der Waals surface area contributed by atoms with Gasteiger partial charge in [-0.05, 0) is 81.7 Å². The van der Waals surface area contributed by atoms with Gasteiger partial charge in [0.1, 0.15) is 17.3 Å². The zero-order valence-corrected chi connectivity index (χ0v) is 18.6. The first-order valence-electron chi connectivity index (χ1n) is 11.0. The largest absolute Gasteiger partial charge is 0.457 e. The third-order valence-electron chi connectivity index (χ3n) is 6.47. The number of hydrogen-bond donors (Lipinski definition) is 1. The van der Waals surface area contributed by atoms with Crippen LogP contribution in [0, 0.1) is 5.82 Å². The molecule has 0 radical (unpaired) electrons. The molecular weight excluding hydrogens is 403 g/mol. The van der Waals surface area contributed by atoms with Gasteiger partial charge in [-0.3, -0.25) is 9.69 Å². The summed E-state index contributed by atoms with van der Waals surface area (Å²) >= 11 is 0. The maximum Gasteiger partial charge on any atom is 0.255 e. The first-order valence-corrected chi connectivity index (χ1v) is 11.0. The fourth-order valence-corrected chi connectivity index (χ4v) is 4.63. The van der Waals surface area contributed by atoms with Crippen LogP contribution in [-0.4, -0.2) is 30.9 Å². The number of rotatable bonds is 6. The fraction of sp³-hybridized carbons (Fsp3) is 0.296. The van der Waals surface area contributed by atoms with Gasteiger partial charge in [0, 0.05) is 11.6 Å². The average Bonchev–Trinajstić information content (AvgIpc) is 2.80. The molecule has 3 aromatic carbocycles. The van der Waals surface area contributed by atoms with Crippen molar-refractivity contribution in [1.29, 1.82) is 0 Å². The van der Waals surface area contributed by atoms with Crippen molar-refractivity contribution in [3.8, 4) is 11.5 Å². The second kappa shape index (κ2) is 9.53. The third-order valence-corrected chi connectivity index (χ3v) is 6.47. The fourth-order valence-electron chi connectivity index (χ4n) is 4.63. The molecular formula is C27H29FN2O2. The number of halogens is 1. The third kappa shape index (κ3) is 4.68. The Bertz CT molecular complexity index is 1060. The van der Waals surface area contributed by atoms with Gasteiger partial charge in [-0.2, -0.15) is 0 Å². The molecule has 1 N–H and O–H groups in total. The predicted molar refractivity (Wildman–Crippen MR) is 124 cm³/mol. The van der Waals surface area contributed by atoms with Gasteiger partial charge >= 0.3 is 0 Å². The Kier molecular flexibility index (Phi) is 6.56. The molecule has 0 aliphatic heterocycles. The smallest absolute Gasteiger partial charge is 0.255 e. The molecule has 0 aromatic heterocycles. The van der Waals surface area contributed by atoms with E-state index in [1.807, 2.05) is 68.7 Å². The SMILES string of the molecule is CN(C)C1(c2cccc(F)c2)CCC(NC(=O)c2ccccc2Oc2ccccc2)CC1. The van der Waals surface area contributed by atoms with Gasteiger partial charge in [-0.1, -0.05) is 42.5 Å². The van der Waals surface area contributed by atoms with E-state index in [1.54, 1.807) is 18.2 Å². The van der Waals surface area contributed by atoms with Gasteiger partial charge in [-0.15, -0.1) is 0 Å². The Hall–Kier alpha value is -3.18. The van der Waals surface area contributed by atoms with Crippen molar-refractivity contribution in [3.05, 3.63) is 95.8 Å². The summed E-state index contributed by atoms with van der Waals surface area (Å²) in [5.41, 5.74) is 1.29. The van der Waals surface area contributed by atoms with E-state index in [0.717, 1.165) is 31.2 Å². The van der Waals surface area contributed by atoms with Crippen LogP contribution in [0.3, 0.4) is 0 Å². The molecule has 0 saturated heterocycles. The number of nitrogens with zero attached hydrogens (tertiary/aromatic N) is 1. The molecule has 32 heavy (non-hydrogen) atoms. The van der Waals surface area contributed by atoms with Gasteiger partial charge in [0.2, 0.25) is 0 Å². The van der Waals surface area contributed by atoms with Crippen molar-refractivity contribution in [2.45, 2.75) is 37.3 Å². The van der Waals surface area contributed by atoms with Crippen molar-refractivity contribution < 1.29 is 13.9 Å². The summed E-state index contributed by atoms with van der Waals surface area (Å²) in [5.74, 6) is 0.879. The van der Waals surface area contributed by atoms with E-state index in [1.165, 1.54) is 6.07 Å². The lowest BCUT2D eigenvalue weighted by Crippen LogP contribution is -2.48. The number of hydrogen-bond acceptors (Lipinski definition) is 3. The van der Waals surface area contributed by atoms with Crippen LogP contribution in [0.1, 0.15) is 41.6 Å². The molecule has 166 valence electrons. The molecule has 0 atom stereocenters. The number of amides is 1. The second-order valence-corrected chi connectivity index (χ2v) is 8.60. The Morgan fingerprint density at radius 1 is 0.969 bits per heavy atom. The van der Waals surface area contributed by atoms with Crippen LogP contribution in [0.25, 0.3) is 0 Å². The van der Waals surface area contributed by atoms with Crippen molar-refractivity contribution >= 4 is 5.91 Å². The summed E-state index contributed by atoms with van der Waals surface area (Å²) in [6, 6.07) is 23.7. The summed E-state index contributed by atoms with van der Waals surface area (Å²) in [5, 5.41) is 3.19. The van der Waals surface area contributed by atoms with Crippen LogP contribution < -0.4 is 10.1 Å². The van der Waals surface area contributed by atoms with Gasteiger partial charge in [-0.25, -0.2) is 4.39 Å². The first-order chi connectivity index (χ1) is 15.5. The van der Waals surface area contributed by atoms with Crippen LogP contribution in [0.2, 0.25) is 0 Å². The summed E-state index contributed by atoms with van der Waals surface area (Å²) in [6.45, 7) is 0. The lowest BCUT2D eigenvalue weighted by molar-refractivity contribution is 0.0756. The number of ether oxygens (including phenoxy) is 1. The summed E-state index contributed by atoms with van der Waals surface area (Å²) in [7, 11) is 4.09. The van der Waals surface area contributed by atoms with Gasteiger partial charge in [0.15, 0.2) is 0 Å². The second-order valence-electron chi connectivity index (χ2n) is 8.60. The van der Waals surface area contributed by atoms with Crippen LogP contribution in [0.15, 0.2) is 78.9 Å². The van der Waals surface area contributed by atoms with E-state index >= 15 is 0 Å². The maximum atomic E-state index is 13.9. The molecule has 3 aromatic rings. The zero-order valence-electron chi connectivity index (χ0n) is 18.6. The molecule has 1 fully saturated rings. The molecule has 5 heteroatoms. The van der Waals surface area contributed by atoms with E-state index in [4.69, 9.17) is 4.74 Å². The molecule has 1 aliphatic carbocycles. The van der Waals surface area contributed by atoms with Crippen LogP contribution >= 0.6 is 0 Å². The number of nitrogens with one attached hydrogen (secondary N) is 1. The minimum atomic E-state index is -0.225. The van der Waals surface area contributed by atoms with Gasteiger partial charge < -0.3 is 10.1 Å². The van der Waals surface area contributed by atoms with E-state index in [-0.39, 0.29) is 23.3 Å². The molecule has 0 heterocycles. The Morgan fingerprint density at radius 2 is 1.66 bits per heavy atom. The molecule has 1 amide bonds. The summed E-state index contributed by atoms with van der Waals surface area (Å²) < 4.78 is 19.8. The molecule has 4 rings (SSSR count). The van der Waals surface area contributed by atoms with Crippen LogP contribution in [-0.2, 0) is 5.54 Å². The summed E-state index contributed by atoms with van der Waals surface area (Å²) in [6.07, 6.45) is 3.33. The Morgan fingerprint density at radius 3 is 2.34 bits per heavy atom. The maximum absolute atomic E-state index is 13.9. The van der Waals surface area contributed by atoms with Crippen molar-refractivity contribution in [2.24, 2.45) is 0 Å². The topological polar surface area (TPSA) is 41.6 Å². The molecule has 4 nitrogen and oxygen atoms in total. The van der Waals surface area contributed by atoms with Gasteiger partial charge in [0.25, 0.3) is 5.91 Å². The lowest BCUT2D eigenvalue weighted by atomic mass is 9.74. The van der Waals surface area contributed by atoms with E-state index in [9.17, 15) is 9.18 Å². The van der Waals surface area contributed by atoms with E-state index in [0.29, 0.717) is 17.1 Å². The van der Waals surface area contributed by atoms with Crippen LogP contribution in [0.4, 0.5) is 4.39 Å². The highest BCUT2D eigenvalue weighted by Gasteiger charge is 2.39. The molecule has 1 saturated carbocycles. The highest BCUT2D eigenvalue weighted by Crippen LogP contribution is 2.41. The first kappa shape index (κ1) is 22.0. The highest BCUT2D eigenvalue weighted by molar-refractivity contribution is 5.97. The van der Waals surface area contributed by atoms with E-state index < -0.39 is 0 Å². The number of benzene rings is 3. The monoisotopic (exact) mass is 432 g/mol. The average molecular weight is 433 g/mol. The molecule has 1 aliphatic rings. The predicted octanol–water partition coefficient (Wildman–Crippen LogP) is 5.75. The van der Waals surface area contributed by atoms with Gasteiger partial charge in [0.05, 0.1) is 5.56 Å². The standard InChI is InChI=1S/C27H29FN2O2/c1-30(2)27(20-9-8-10-21(28)19-20)17-15-22(16-18-27)29-26(31)24-13-6-7-14-25(24)32-23-11-4-3-5-12-23/h3-14,19,22H,15-18H2,1-2H3,(H,29,31). The van der Waals surface area contributed by atoms with Crippen LogP contribution in [0.5, 0.6) is 11.5 Å². The number of carbonyl (C=O) groups is 1. The van der Waals surface area contributed by atoms with E-state index in [2.05, 4.69) is 10.2 Å². The molecule has 0 spiro atoms. The normalized spacial score (nSPS) is 20.7. The van der Waals surface area contributed by atoms with Crippen molar-refractivity contribution in [1.82, 2.24) is 10.2 Å². The van der Waals surface area contributed by atoms with Crippen molar-refractivity contribution in [3.63, 3.8) is 0 Å². The molecule has 0 unspecified atom stereocenters. The minimum absolute atomic E-state index is 0.0638. The minimum Gasteiger partial charge on any atom is -0.457 e. The van der Waals surface area contributed by atoms with Crippen molar-refractivity contribution in [2.75, 3.05) is 14.1 Å². The Labute approximate surface area is 189 Å².